The Labute approximate surface area is 117 Å². The van der Waals surface area contributed by atoms with Gasteiger partial charge >= 0.3 is 0 Å². The number of aromatic nitrogens is 1. The number of hydrogen-bond acceptors (Lipinski definition) is 4. The summed E-state index contributed by atoms with van der Waals surface area (Å²) >= 11 is 0. The highest BCUT2D eigenvalue weighted by Gasteiger charge is 2.14. The highest BCUT2D eigenvalue weighted by molar-refractivity contribution is 6.06. The summed E-state index contributed by atoms with van der Waals surface area (Å²) in [5.74, 6) is -0.248. The maximum absolute atomic E-state index is 12.2. The molecule has 1 aromatic carbocycles. The molecule has 0 aliphatic carbocycles. The number of carbonyl (C=O) groups is 1. The number of fused-ring (bicyclic) bond motifs is 1. The van der Waals surface area contributed by atoms with E-state index in [1.165, 1.54) is 0 Å². The lowest BCUT2D eigenvalue weighted by atomic mass is 10.1. The molecule has 0 aliphatic heterocycles. The molecule has 0 fully saturated rings. The van der Waals surface area contributed by atoms with Gasteiger partial charge in [0.05, 0.1) is 22.7 Å². The van der Waals surface area contributed by atoms with Crippen molar-refractivity contribution in [3.63, 3.8) is 0 Å². The average Bonchev–Trinajstić information content (AvgIpc) is 2.42. The molecule has 1 amide bonds. The summed E-state index contributed by atoms with van der Waals surface area (Å²) < 4.78 is 0. The predicted molar refractivity (Wildman–Crippen MR) is 76.8 cm³/mol. The standard InChI is InChI=1S/C15H16N4O/c1-15(2,3)19-18-14(20)11-6-7-17-13-5-4-10(9-16)8-12(11)13/h4-8,19H,1-3H3,(H,18,20). The second kappa shape index (κ2) is 5.27. The van der Waals surface area contributed by atoms with Crippen LogP contribution in [-0.4, -0.2) is 16.4 Å². The minimum absolute atomic E-state index is 0.226. The van der Waals surface area contributed by atoms with Gasteiger partial charge < -0.3 is 0 Å². The predicted octanol–water partition coefficient (Wildman–Crippen LogP) is 2.14. The number of hydrogen-bond donors (Lipinski definition) is 2. The molecule has 5 heteroatoms. The van der Waals surface area contributed by atoms with E-state index >= 15 is 0 Å². The molecular weight excluding hydrogens is 252 g/mol. The summed E-state index contributed by atoms with van der Waals surface area (Å²) in [7, 11) is 0. The Morgan fingerprint density at radius 3 is 2.70 bits per heavy atom. The molecule has 2 aromatic rings. The van der Waals surface area contributed by atoms with Crippen LogP contribution in [0.1, 0.15) is 36.7 Å². The van der Waals surface area contributed by atoms with Crippen molar-refractivity contribution in [1.82, 2.24) is 15.8 Å². The topological polar surface area (TPSA) is 77.8 Å². The Kier molecular flexibility index (Phi) is 3.68. The second-order valence-corrected chi connectivity index (χ2v) is 5.53. The fourth-order valence-corrected chi connectivity index (χ4v) is 1.73. The van der Waals surface area contributed by atoms with Gasteiger partial charge in [0.15, 0.2) is 0 Å². The zero-order chi connectivity index (χ0) is 14.8. The number of amides is 1. The fourth-order valence-electron chi connectivity index (χ4n) is 1.73. The van der Waals surface area contributed by atoms with Crippen LogP contribution in [0.5, 0.6) is 0 Å². The number of nitrogens with zero attached hydrogens (tertiary/aromatic N) is 2. The van der Waals surface area contributed by atoms with Gasteiger partial charge in [-0.05, 0) is 45.0 Å². The van der Waals surface area contributed by atoms with E-state index in [0.717, 1.165) is 0 Å². The number of rotatable bonds is 2. The van der Waals surface area contributed by atoms with E-state index in [4.69, 9.17) is 5.26 Å². The third kappa shape index (κ3) is 3.11. The third-order valence-electron chi connectivity index (χ3n) is 2.67. The smallest absolute Gasteiger partial charge is 0.266 e. The summed E-state index contributed by atoms with van der Waals surface area (Å²) in [6.07, 6.45) is 1.58. The maximum atomic E-state index is 12.2. The molecule has 0 radical (unpaired) electrons. The van der Waals surface area contributed by atoms with Crippen LogP contribution < -0.4 is 10.9 Å². The van der Waals surface area contributed by atoms with Crippen molar-refractivity contribution in [3.05, 3.63) is 41.6 Å². The van der Waals surface area contributed by atoms with E-state index in [-0.39, 0.29) is 11.4 Å². The zero-order valence-corrected chi connectivity index (χ0v) is 11.7. The van der Waals surface area contributed by atoms with Crippen LogP contribution in [0.4, 0.5) is 0 Å². The van der Waals surface area contributed by atoms with Crippen LogP contribution in [0, 0.1) is 11.3 Å². The number of benzene rings is 1. The molecule has 2 rings (SSSR count). The van der Waals surface area contributed by atoms with Gasteiger partial charge in [0.2, 0.25) is 0 Å². The SMILES string of the molecule is CC(C)(C)NNC(=O)c1ccnc2ccc(C#N)cc12. The molecule has 0 spiro atoms. The van der Waals surface area contributed by atoms with Crippen LogP contribution in [-0.2, 0) is 0 Å². The Morgan fingerprint density at radius 1 is 1.30 bits per heavy atom. The lowest BCUT2D eigenvalue weighted by Gasteiger charge is -2.21. The van der Waals surface area contributed by atoms with E-state index in [0.29, 0.717) is 22.0 Å². The number of nitrogens with one attached hydrogen (secondary N) is 2. The van der Waals surface area contributed by atoms with Crippen molar-refractivity contribution >= 4 is 16.8 Å². The molecule has 0 bridgehead atoms. The number of hydrazine groups is 1. The van der Waals surface area contributed by atoms with Gasteiger partial charge in [-0.2, -0.15) is 5.26 Å². The molecule has 20 heavy (non-hydrogen) atoms. The van der Waals surface area contributed by atoms with E-state index in [2.05, 4.69) is 21.9 Å². The summed E-state index contributed by atoms with van der Waals surface area (Å²) in [4.78, 5) is 16.4. The summed E-state index contributed by atoms with van der Waals surface area (Å²) in [5, 5.41) is 9.62. The van der Waals surface area contributed by atoms with Crippen molar-refractivity contribution in [3.8, 4) is 6.07 Å². The molecule has 1 aromatic heterocycles. The van der Waals surface area contributed by atoms with Gasteiger partial charge in [-0.1, -0.05) is 0 Å². The Morgan fingerprint density at radius 2 is 2.05 bits per heavy atom. The fraction of sp³-hybridized carbons (Fsp3) is 0.267. The van der Waals surface area contributed by atoms with E-state index in [1.807, 2.05) is 20.8 Å². The van der Waals surface area contributed by atoms with Crippen molar-refractivity contribution in [2.45, 2.75) is 26.3 Å². The molecule has 0 saturated carbocycles. The van der Waals surface area contributed by atoms with E-state index < -0.39 is 0 Å². The minimum atomic E-state index is -0.248. The first kappa shape index (κ1) is 14.0. The third-order valence-corrected chi connectivity index (χ3v) is 2.67. The molecule has 0 saturated heterocycles. The van der Waals surface area contributed by atoms with Crippen LogP contribution in [0.25, 0.3) is 10.9 Å². The summed E-state index contributed by atoms with van der Waals surface area (Å²) in [6.45, 7) is 5.85. The van der Waals surface area contributed by atoms with Crippen LogP contribution in [0.2, 0.25) is 0 Å². The monoisotopic (exact) mass is 268 g/mol. The zero-order valence-electron chi connectivity index (χ0n) is 11.7. The first-order valence-electron chi connectivity index (χ1n) is 6.27. The van der Waals surface area contributed by atoms with Gasteiger partial charge in [0.25, 0.3) is 5.91 Å². The summed E-state index contributed by atoms with van der Waals surface area (Å²) in [5.41, 5.74) is 7.05. The molecular formula is C15H16N4O. The molecule has 1 heterocycles. The highest BCUT2D eigenvalue weighted by atomic mass is 16.2. The number of nitriles is 1. The van der Waals surface area contributed by atoms with E-state index in [1.54, 1.807) is 30.5 Å². The maximum Gasteiger partial charge on any atom is 0.266 e. The van der Waals surface area contributed by atoms with Crippen LogP contribution in [0.3, 0.4) is 0 Å². The number of pyridine rings is 1. The van der Waals surface area contributed by atoms with E-state index in [9.17, 15) is 4.79 Å². The normalized spacial score (nSPS) is 11.1. The largest absolute Gasteiger partial charge is 0.287 e. The van der Waals surface area contributed by atoms with Gasteiger partial charge in [-0.15, -0.1) is 0 Å². The Hall–Kier alpha value is -2.45. The van der Waals surface area contributed by atoms with Crippen molar-refractivity contribution < 1.29 is 4.79 Å². The van der Waals surface area contributed by atoms with Crippen molar-refractivity contribution in [2.75, 3.05) is 0 Å². The number of carbonyl (C=O) groups excluding carboxylic acids is 1. The van der Waals surface area contributed by atoms with Crippen LogP contribution in [0.15, 0.2) is 30.5 Å². The first-order valence-corrected chi connectivity index (χ1v) is 6.27. The molecule has 2 N–H and O–H groups in total. The van der Waals surface area contributed by atoms with Gasteiger partial charge in [0, 0.05) is 17.1 Å². The van der Waals surface area contributed by atoms with Crippen LogP contribution >= 0.6 is 0 Å². The molecule has 5 nitrogen and oxygen atoms in total. The Balaban J connectivity index is 2.39. The van der Waals surface area contributed by atoms with Gasteiger partial charge in [-0.25, -0.2) is 5.43 Å². The van der Waals surface area contributed by atoms with Gasteiger partial charge in [0.1, 0.15) is 0 Å². The molecule has 0 unspecified atom stereocenters. The summed E-state index contributed by atoms with van der Waals surface area (Å²) in [6, 6.07) is 8.81. The first-order chi connectivity index (χ1) is 9.40. The quantitative estimate of drug-likeness (QED) is 0.818. The highest BCUT2D eigenvalue weighted by Crippen LogP contribution is 2.18. The molecule has 0 atom stereocenters. The molecule has 0 aliphatic rings. The van der Waals surface area contributed by atoms with Gasteiger partial charge in [-0.3, -0.25) is 15.2 Å². The molecule has 102 valence electrons. The Bertz CT molecular complexity index is 695. The van der Waals surface area contributed by atoms with Crippen molar-refractivity contribution in [1.29, 1.82) is 5.26 Å². The lowest BCUT2D eigenvalue weighted by molar-refractivity contribution is 0.0916. The minimum Gasteiger partial charge on any atom is -0.287 e. The average molecular weight is 268 g/mol. The lowest BCUT2D eigenvalue weighted by Crippen LogP contribution is -2.48. The second-order valence-electron chi connectivity index (χ2n) is 5.53. The van der Waals surface area contributed by atoms with Crippen molar-refractivity contribution in [2.24, 2.45) is 0 Å².